The summed E-state index contributed by atoms with van der Waals surface area (Å²) < 4.78 is 11.8. The molecule has 2 rings (SSSR count). The molecule has 2 heterocycles. The Morgan fingerprint density at radius 2 is 1.74 bits per heavy atom. The van der Waals surface area contributed by atoms with Crippen LogP contribution >= 0.6 is 11.6 Å². The van der Waals surface area contributed by atoms with Crippen LogP contribution in [0, 0.1) is 0 Å². The van der Waals surface area contributed by atoms with Gasteiger partial charge < -0.3 is 14.4 Å². The Bertz CT molecular complexity index is 475. The average molecular weight is 284 g/mol. The van der Waals surface area contributed by atoms with Gasteiger partial charge >= 0.3 is 7.12 Å². The van der Waals surface area contributed by atoms with Crippen molar-refractivity contribution in [1.29, 1.82) is 0 Å². The number of hydrogen-bond acceptors (Lipinski definition) is 4. The minimum absolute atomic E-state index is 0.303. The highest BCUT2D eigenvalue weighted by Gasteiger charge is 2.52. The molecule has 6 heteroatoms. The van der Waals surface area contributed by atoms with Gasteiger partial charge in [0.25, 0.3) is 0 Å². The van der Waals surface area contributed by atoms with Gasteiger partial charge in [-0.1, -0.05) is 17.7 Å². The van der Waals surface area contributed by atoms with E-state index in [0.29, 0.717) is 16.3 Å². The Hall–Kier alpha value is -0.615. The van der Waals surface area contributed by atoms with Gasteiger partial charge in [0.05, 0.1) is 23.0 Å². The smallest absolute Gasteiger partial charge is 0.399 e. The molecular weight excluding hydrogens is 264 g/mol. The third-order valence-electron chi connectivity index (χ3n) is 3.83. The Balaban J connectivity index is 2.30. The van der Waals surface area contributed by atoms with Crippen molar-refractivity contribution < 1.29 is 14.4 Å². The number of nitrogens with zero attached hydrogens (tertiary/aromatic N) is 1. The minimum Gasteiger partial charge on any atom is -0.399 e. The number of aromatic nitrogens is 1. The fraction of sp³-hybridized carbons (Fsp3) is 0.615. The summed E-state index contributed by atoms with van der Waals surface area (Å²) in [7, 11) is -0.534. The van der Waals surface area contributed by atoms with E-state index in [-0.39, 0.29) is 0 Å². The van der Waals surface area contributed by atoms with E-state index < -0.39 is 24.4 Å². The molecule has 0 aliphatic carbocycles. The third kappa shape index (κ3) is 2.65. The Kier molecular flexibility index (Phi) is 3.69. The molecule has 1 aromatic rings. The van der Waals surface area contributed by atoms with Crippen LogP contribution in [-0.4, -0.2) is 28.4 Å². The van der Waals surface area contributed by atoms with Gasteiger partial charge in [0, 0.05) is 5.46 Å². The fourth-order valence-electron chi connectivity index (χ4n) is 1.84. The average Bonchev–Trinajstić information content (AvgIpc) is 2.47. The van der Waals surface area contributed by atoms with E-state index >= 15 is 0 Å². The van der Waals surface area contributed by atoms with Gasteiger partial charge in [-0.3, -0.25) is 0 Å². The van der Waals surface area contributed by atoms with Crippen molar-refractivity contribution in [3.63, 3.8) is 0 Å². The molecule has 104 valence electrons. The van der Waals surface area contributed by atoms with E-state index in [1.165, 1.54) is 0 Å². The van der Waals surface area contributed by atoms with Gasteiger partial charge in [0.15, 0.2) is 0 Å². The van der Waals surface area contributed by atoms with Crippen LogP contribution in [0.2, 0.25) is 5.15 Å². The largest absolute Gasteiger partial charge is 0.498 e. The first kappa shape index (κ1) is 14.8. The summed E-state index contributed by atoms with van der Waals surface area (Å²) >= 11 is 6.16. The van der Waals surface area contributed by atoms with Crippen molar-refractivity contribution >= 4 is 24.2 Å². The molecular formula is C13H19BClNO3. The van der Waals surface area contributed by atoms with Crippen LogP contribution in [0.5, 0.6) is 0 Å². The molecule has 1 N–H and O–H groups in total. The van der Waals surface area contributed by atoms with Crippen molar-refractivity contribution in [3.8, 4) is 0 Å². The third-order valence-corrected chi connectivity index (χ3v) is 4.14. The first-order valence-electron chi connectivity index (χ1n) is 6.34. The lowest BCUT2D eigenvalue weighted by Crippen LogP contribution is -2.41. The highest BCUT2D eigenvalue weighted by atomic mass is 35.5. The predicted molar refractivity (Wildman–Crippen MR) is 75.6 cm³/mol. The number of aliphatic hydroxyl groups excluding tert-OH is 1. The van der Waals surface area contributed by atoms with Gasteiger partial charge in [0.1, 0.15) is 5.15 Å². The molecule has 1 aliphatic heterocycles. The zero-order valence-corrected chi connectivity index (χ0v) is 12.7. The van der Waals surface area contributed by atoms with E-state index in [1.807, 2.05) is 27.7 Å². The van der Waals surface area contributed by atoms with Crippen LogP contribution in [0.25, 0.3) is 0 Å². The molecule has 19 heavy (non-hydrogen) atoms. The van der Waals surface area contributed by atoms with Crippen LogP contribution in [0.3, 0.4) is 0 Å². The SMILES string of the molecule is CC(O)c1ccc(B2OC(C)(C)C(C)(C)O2)c(Cl)n1. The molecule has 1 saturated heterocycles. The molecule has 0 amide bonds. The number of hydrogen-bond donors (Lipinski definition) is 1. The normalized spacial score (nSPS) is 22.6. The van der Waals surface area contributed by atoms with Crippen molar-refractivity contribution in [2.75, 3.05) is 0 Å². The topological polar surface area (TPSA) is 51.6 Å². The van der Waals surface area contributed by atoms with E-state index in [1.54, 1.807) is 19.1 Å². The molecule has 1 atom stereocenters. The van der Waals surface area contributed by atoms with Gasteiger partial charge in [-0.2, -0.15) is 0 Å². The van der Waals surface area contributed by atoms with Gasteiger partial charge in [-0.15, -0.1) is 0 Å². The van der Waals surface area contributed by atoms with E-state index in [9.17, 15) is 5.11 Å². The zero-order chi connectivity index (χ0) is 14.4. The quantitative estimate of drug-likeness (QED) is 0.667. The first-order chi connectivity index (χ1) is 8.64. The van der Waals surface area contributed by atoms with Gasteiger partial charge in [-0.25, -0.2) is 4.98 Å². The van der Waals surface area contributed by atoms with Crippen LogP contribution in [-0.2, 0) is 9.31 Å². The van der Waals surface area contributed by atoms with Gasteiger partial charge in [0.2, 0.25) is 0 Å². The molecule has 0 spiro atoms. The van der Waals surface area contributed by atoms with E-state index in [2.05, 4.69) is 4.98 Å². The molecule has 1 aromatic heterocycles. The van der Waals surface area contributed by atoms with Gasteiger partial charge in [-0.05, 0) is 40.7 Å². The molecule has 1 aliphatic rings. The maximum atomic E-state index is 9.49. The summed E-state index contributed by atoms with van der Waals surface area (Å²) in [6, 6.07) is 3.52. The summed E-state index contributed by atoms with van der Waals surface area (Å²) in [5.74, 6) is 0. The van der Waals surface area contributed by atoms with E-state index in [0.717, 1.165) is 0 Å². The second-order valence-corrected chi connectivity index (χ2v) is 6.24. The monoisotopic (exact) mass is 283 g/mol. The second kappa shape index (κ2) is 4.74. The molecule has 0 saturated carbocycles. The van der Waals surface area contributed by atoms with Crippen molar-refractivity contribution in [3.05, 3.63) is 23.0 Å². The lowest BCUT2D eigenvalue weighted by atomic mass is 9.80. The van der Waals surface area contributed by atoms with Crippen LogP contribution in [0.15, 0.2) is 12.1 Å². The predicted octanol–water partition coefficient (Wildman–Crippen LogP) is 2.09. The minimum atomic E-state index is -0.648. The lowest BCUT2D eigenvalue weighted by molar-refractivity contribution is 0.00578. The summed E-state index contributed by atoms with van der Waals surface area (Å²) in [6.45, 7) is 9.58. The summed E-state index contributed by atoms with van der Waals surface area (Å²) in [5, 5.41) is 9.79. The van der Waals surface area contributed by atoms with Crippen molar-refractivity contribution in [2.24, 2.45) is 0 Å². The molecule has 1 fully saturated rings. The summed E-state index contributed by atoms with van der Waals surface area (Å²) in [6.07, 6.45) is -0.648. The van der Waals surface area contributed by atoms with Crippen molar-refractivity contribution in [2.45, 2.75) is 51.9 Å². The maximum absolute atomic E-state index is 9.49. The summed E-state index contributed by atoms with van der Waals surface area (Å²) in [5.41, 5.74) is 0.392. The number of halogens is 1. The molecule has 1 unspecified atom stereocenters. The zero-order valence-electron chi connectivity index (χ0n) is 11.9. The Labute approximate surface area is 119 Å². The maximum Gasteiger partial charge on any atom is 0.498 e. The molecule has 4 nitrogen and oxygen atoms in total. The molecule has 0 aromatic carbocycles. The highest BCUT2D eigenvalue weighted by Crippen LogP contribution is 2.36. The molecule has 0 radical (unpaired) electrons. The van der Waals surface area contributed by atoms with Crippen LogP contribution in [0.4, 0.5) is 0 Å². The number of pyridine rings is 1. The van der Waals surface area contributed by atoms with Crippen LogP contribution in [0.1, 0.15) is 46.4 Å². The lowest BCUT2D eigenvalue weighted by Gasteiger charge is -2.32. The molecule has 0 bridgehead atoms. The highest BCUT2D eigenvalue weighted by molar-refractivity contribution is 6.65. The Morgan fingerprint density at radius 3 is 2.16 bits per heavy atom. The standard InChI is InChI=1S/C13H19BClNO3/c1-8(17)10-7-6-9(11(15)16-10)14-18-12(2,3)13(4,5)19-14/h6-8,17H,1-5H3. The van der Waals surface area contributed by atoms with Crippen molar-refractivity contribution in [1.82, 2.24) is 4.98 Å². The second-order valence-electron chi connectivity index (χ2n) is 5.88. The number of aliphatic hydroxyl groups is 1. The van der Waals surface area contributed by atoms with E-state index in [4.69, 9.17) is 20.9 Å². The summed E-state index contributed by atoms with van der Waals surface area (Å²) in [4.78, 5) is 4.17. The first-order valence-corrected chi connectivity index (χ1v) is 6.72. The fourth-order valence-corrected chi connectivity index (χ4v) is 2.09. The van der Waals surface area contributed by atoms with Crippen LogP contribution < -0.4 is 5.46 Å². The number of rotatable bonds is 2. The Morgan fingerprint density at radius 1 is 1.21 bits per heavy atom.